The highest BCUT2D eigenvalue weighted by atomic mass is 16.5. The van der Waals surface area contributed by atoms with Gasteiger partial charge in [0, 0.05) is 17.7 Å². The molecule has 1 fully saturated rings. The minimum absolute atomic E-state index is 0.222. The third-order valence-electron chi connectivity index (χ3n) is 3.20. The molecule has 0 bridgehead atoms. The van der Waals surface area contributed by atoms with Crippen molar-refractivity contribution in [2.45, 2.75) is 31.3 Å². The Bertz CT molecular complexity index is 356. The second kappa shape index (κ2) is 3.34. The van der Waals surface area contributed by atoms with Gasteiger partial charge in [0.05, 0.1) is 12.2 Å². The molecule has 1 aliphatic carbocycles. The van der Waals surface area contributed by atoms with E-state index in [9.17, 15) is 4.79 Å². The fourth-order valence-corrected chi connectivity index (χ4v) is 2.07. The zero-order chi connectivity index (χ0) is 11.1. The van der Waals surface area contributed by atoms with Crippen molar-refractivity contribution in [1.82, 2.24) is 0 Å². The number of nitrogens with two attached hydrogens (primary N) is 1. The van der Waals surface area contributed by atoms with Crippen LogP contribution < -0.4 is 5.73 Å². The summed E-state index contributed by atoms with van der Waals surface area (Å²) in [5.74, 6) is -1.22. The minimum Gasteiger partial charge on any atom is -0.477 e. The first-order valence-corrected chi connectivity index (χ1v) is 4.98. The summed E-state index contributed by atoms with van der Waals surface area (Å²) < 4.78 is 5.60. The van der Waals surface area contributed by atoms with Crippen molar-refractivity contribution >= 4 is 11.7 Å². The molecular formula is C10H14N2O3. The smallest absolute Gasteiger partial charge is 0.354 e. The van der Waals surface area contributed by atoms with Gasteiger partial charge < -0.3 is 15.6 Å². The molecule has 1 heterocycles. The van der Waals surface area contributed by atoms with E-state index in [1.165, 1.54) is 0 Å². The predicted octanol–water partition coefficient (Wildman–Crippen LogP) is 0.647. The Balaban J connectivity index is 2.21. The van der Waals surface area contributed by atoms with E-state index in [0.29, 0.717) is 17.7 Å². The third-order valence-corrected chi connectivity index (χ3v) is 3.20. The van der Waals surface area contributed by atoms with E-state index in [4.69, 9.17) is 21.0 Å². The Morgan fingerprint density at radius 1 is 1.53 bits per heavy atom. The largest absolute Gasteiger partial charge is 0.477 e. The summed E-state index contributed by atoms with van der Waals surface area (Å²) in [6, 6.07) is 0. The van der Waals surface area contributed by atoms with Crippen LogP contribution in [0.25, 0.3) is 0 Å². The predicted molar refractivity (Wildman–Crippen MR) is 53.7 cm³/mol. The van der Waals surface area contributed by atoms with Crippen LogP contribution in [0.1, 0.15) is 25.7 Å². The Labute approximate surface area is 87.4 Å². The summed E-state index contributed by atoms with van der Waals surface area (Å²) in [5, 5.41) is 16.2. The molecule has 15 heavy (non-hydrogen) atoms. The topological polar surface area (TPSA) is 96.4 Å². The maximum absolute atomic E-state index is 10.7. The number of ether oxygens (including phenoxy) is 1. The van der Waals surface area contributed by atoms with Gasteiger partial charge in [-0.2, -0.15) is 0 Å². The van der Waals surface area contributed by atoms with Gasteiger partial charge in [0.2, 0.25) is 0 Å². The minimum atomic E-state index is -1.22. The Hall–Kier alpha value is -1.36. The van der Waals surface area contributed by atoms with Crippen molar-refractivity contribution in [2.24, 2.45) is 5.73 Å². The second-order valence-corrected chi connectivity index (χ2v) is 4.19. The van der Waals surface area contributed by atoms with Crippen LogP contribution in [0.3, 0.4) is 0 Å². The molecule has 1 aliphatic heterocycles. The van der Waals surface area contributed by atoms with Gasteiger partial charge in [-0.25, -0.2) is 4.79 Å². The van der Waals surface area contributed by atoms with E-state index < -0.39 is 5.97 Å². The average molecular weight is 210 g/mol. The van der Waals surface area contributed by atoms with Crippen LogP contribution in [0.2, 0.25) is 0 Å². The number of carboxylic acids is 1. The lowest BCUT2D eigenvalue weighted by Gasteiger charge is -2.45. The van der Waals surface area contributed by atoms with E-state index in [1.54, 1.807) is 0 Å². The lowest BCUT2D eigenvalue weighted by atomic mass is 9.73. The van der Waals surface area contributed by atoms with Gasteiger partial charge in [-0.05, 0) is 19.3 Å². The van der Waals surface area contributed by atoms with Crippen molar-refractivity contribution in [3.63, 3.8) is 0 Å². The Morgan fingerprint density at radius 2 is 2.20 bits per heavy atom. The number of hydrogen-bond donors (Lipinski definition) is 3. The van der Waals surface area contributed by atoms with Gasteiger partial charge in [0.1, 0.15) is 5.71 Å². The van der Waals surface area contributed by atoms with Crippen molar-refractivity contribution in [3.05, 3.63) is 11.3 Å². The summed E-state index contributed by atoms with van der Waals surface area (Å²) in [4.78, 5) is 10.7. The van der Waals surface area contributed by atoms with Crippen LogP contribution in [0.4, 0.5) is 0 Å². The number of rotatable bonds is 2. The normalized spacial score (nSPS) is 23.7. The molecule has 1 spiro atoms. The molecule has 2 aliphatic rings. The number of nitrogens with one attached hydrogen (secondary N) is 1. The second-order valence-electron chi connectivity index (χ2n) is 4.19. The third kappa shape index (κ3) is 1.63. The zero-order valence-electron chi connectivity index (χ0n) is 8.38. The highest BCUT2D eigenvalue weighted by Gasteiger charge is 2.43. The molecule has 5 nitrogen and oxygen atoms in total. The lowest BCUT2D eigenvalue weighted by Crippen LogP contribution is -2.46. The van der Waals surface area contributed by atoms with Crippen LogP contribution in [0.5, 0.6) is 0 Å². The maximum atomic E-state index is 10.7. The molecule has 0 aromatic carbocycles. The van der Waals surface area contributed by atoms with E-state index in [2.05, 4.69) is 0 Å². The summed E-state index contributed by atoms with van der Waals surface area (Å²) >= 11 is 0. The van der Waals surface area contributed by atoms with E-state index in [-0.39, 0.29) is 17.9 Å². The molecule has 0 radical (unpaired) electrons. The number of carbonyl (C=O) groups is 1. The molecule has 0 aromatic rings. The first-order valence-electron chi connectivity index (χ1n) is 4.98. The van der Waals surface area contributed by atoms with Gasteiger partial charge >= 0.3 is 5.97 Å². The highest BCUT2D eigenvalue weighted by molar-refractivity contribution is 6.41. The molecule has 4 N–H and O–H groups in total. The first kappa shape index (κ1) is 10.2. The van der Waals surface area contributed by atoms with Gasteiger partial charge in [0.25, 0.3) is 0 Å². The summed E-state index contributed by atoms with van der Waals surface area (Å²) in [6.45, 7) is 0.255. The van der Waals surface area contributed by atoms with Crippen LogP contribution in [0.15, 0.2) is 11.3 Å². The summed E-state index contributed by atoms with van der Waals surface area (Å²) in [7, 11) is 0. The van der Waals surface area contributed by atoms with Gasteiger partial charge in [-0.3, -0.25) is 5.41 Å². The maximum Gasteiger partial charge on any atom is 0.354 e. The first-order chi connectivity index (χ1) is 7.04. The quantitative estimate of drug-likeness (QED) is 0.583. The molecule has 0 atom stereocenters. The van der Waals surface area contributed by atoms with Gasteiger partial charge in [-0.15, -0.1) is 0 Å². The van der Waals surface area contributed by atoms with Gasteiger partial charge in [0.15, 0.2) is 0 Å². The fraction of sp³-hybridized carbons (Fsp3) is 0.600. The molecule has 0 unspecified atom stereocenters. The number of aliphatic carboxylic acids is 1. The van der Waals surface area contributed by atoms with Crippen molar-refractivity contribution < 1.29 is 14.6 Å². The Kier molecular flexibility index (Phi) is 2.26. The van der Waals surface area contributed by atoms with E-state index in [1.807, 2.05) is 0 Å². The van der Waals surface area contributed by atoms with Crippen LogP contribution in [-0.4, -0.2) is 29.0 Å². The highest BCUT2D eigenvalue weighted by Crippen LogP contribution is 2.43. The summed E-state index contributed by atoms with van der Waals surface area (Å²) in [6.07, 6.45) is 3.46. The standard InChI is InChI=1S/C10H14N2O3/c11-7-5-15-10(2-1-3-10)4-6(7)8(12)9(13)14/h12H,1-5,11H2,(H,13,14). The van der Waals surface area contributed by atoms with Gasteiger partial charge in [-0.1, -0.05) is 0 Å². The monoisotopic (exact) mass is 210 g/mol. The summed E-state index contributed by atoms with van der Waals surface area (Å²) in [5.41, 5.74) is 5.90. The number of hydrogen-bond acceptors (Lipinski definition) is 4. The Morgan fingerprint density at radius 3 is 2.67 bits per heavy atom. The average Bonchev–Trinajstić information content (AvgIpc) is 2.15. The molecule has 5 heteroatoms. The lowest BCUT2D eigenvalue weighted by molar-refractivity contribution is -0.129. The van der Waals surface area contributed by atoms with Crippen molar-refractivity contribution in [3.8, 4) is 0 Å². The van der Waals surface area contributed by atoms with Crippen LogP contribution in [0, 0.1) is 5.41 Å². The van der Waals surface area contributed by atoms with Crippen LogP contribution >= 0.6 is 0 Å². The zero-order valence-corrected chi connectivity index (χ0v) is 8.38. The molecule has 0 aromatic heterocycles. The van der Waals surface area contributed by atoms with E-state index >= 15 is 0 Å². The molecule has 82 valence electrons. The molecule has 2 rings (SSSR count). The molecule has 0 amide bonds. The number of carboxylic acid groups (broad SMARTS) is 1. The van der Waals surface area contributed by atoms with Crippen molar-refractivity contribution in [2.75, 3.05) is 6.61 Å². The molecular weight excluding hydrogens is 196 g/mol. The molecule has 1 saturated carbocycles. The van der Waals surface area contributed by atoms with Crippen molar-refractivity contribution in [1.29, 1.82) is 5.41 Å². The SMILES string of the molecule is N=C(C(=O)O)C1=C(N)COC2(CCC2)C1. The molecule has 0 saturated heterocycles. The fourth-order valence-electron chi connectivity index (χ4n) is 2.07. The van der Waals surface area contributed by atoms with Crippen LogP contribution in [-0.2, 0) is 9.53 Å². The van der Waals surface area contributed by atoms with E-state index in [0.717, 1.165) is 19.3 Å².